The van der Waals surface area contributed by atoms with E-state index in [2.05, 4.69) is 21.2 Å². The number of rotatable bonds is 3. The van der Waals surface area contributed by atoms with Crippen LogP contribution in [0.3, 0.4) is 0 Å². The van der Waals surface area contributed by atoms with Gasteiger partial charge in [0.15, 0.2) is 0 Å². The Balaban J connectivity index is 2.83. The minimum Gasteiger partial charge on any atom is -0.376 e. The highest BCUT2D eigenvalue weighted by Crippen LogP contribution is 2.36. The van der Waals surface area contributed by atoms with E-state index in [4.69, 9.17) is 0 Å². The van der Waals surface area contributed by atoms with Crippen LogP contribution in [0.15, 0.2) is 22.7 Å². The van der Waals surface area contributed by atoms with Crippen molar-refractivity contribution in [3.63, 3.8) is 0 Å². The largest absolute Gasteiger partial charge is 0.417 e. The van der Waals surface area contributed by atoms with E-state index in [1.54, 1.807) is 14.1 Å². The summed E-state index contributed by atoms with van der Waals surface area (Å²) in [4.78, 5) is 12.7. The summed E-state index contributed by atoms with van der Waals surface area (Å²) in [5.41, 5.74) is -0.523. The normalized spacial score (nSPS) is 11.2. The van der Waals surface area contributed by atoms with Gasteiger partial charge in [-0.25, -0.2) is 0 Å². The van der Waals surface area contributed by atoms with Gasteiger partial charge in [-0.1, -0.05) is 15.9 Å². The topological polar surface area (TPSA) is 32.3 Å². The fourth-order valence-corrected chi connectivity index (χ4v) is 1.66. The molecule has 100 valence electrons. The molecule has 0 saturated heterocycles. The lowest BCUT2D eigenvalue weighted by atomic mass is 10.2. The molecule has 0 unspecified atom stereocenters. The van der Waals surface area contributed by atoms with Crippen molar-refractivity contribution < 1.29 is 18.0 Å². The van der Waals surface area contributed by atoms with Crippen LogP contribution in [-0.2, 0) is 11.0 Å². The molecule has 0 fully saturated rings. The summed E-state index contributed by atoms with van der Waals surface area (Å²) in [5, 5.41) is 2.65. The van der Waals surface area contributed by atoms with E-state index in [0.29, 0.717) is 0 Å². The van der Waals surface area contributed by atoms with Gasteiger partial charge < -0.3 is 10.2 Å². The first-order chi connectivity index (χ1) is 8.21. The number of likely N-dealkylation sites (N-methyl/N-ethyl adjacent to an activating group) is 1. The van der Waals surface area contributed by atoms with Crippen LogP contribution in [0.25, 0.3) is 0 Å². The van der Waals surface area contributed by atoms with Gasteiger partial charge in [0, 0.05) is 24.3 Å². The highest BCUT2D eigenvalue weighted by atomic mass is 79.9. The van der Waals surface area contributed by atoms with Crippen molar-refractivity contribution in [2.75, 3.05) is 26.0 Å². The Hall–Kier alpha value is -1.24. The molecule has 1 aromatic carbocycles. The number of amides is 1. The highest BCUT2D eigenvalue weighted by Gasteiger charge is 2.33. The maximum absolute atomic E-state index is 12.6. The van der Waals surface area contributed by atoms with E-state index in [0.717, 1.165) is 6.07 Å². The minimum atomic E-state index is -4.43. The maximum atomic E-state index is 12.6. The summed E-state index contributed by atoms with van der Waals surface area (Å²) in [6, 6.07) is 3.74. The standard InChI is InChI=1S/C11H12BrF3N2O/c1-17(2)10(18)6-16-7-3-4-9(12)8(5-7)11(13,14)15/h3-5,16H,6H2,1-2H3. The predicted molar refractivity (Wildman–Crippen MR) is 66.3 cm³/mol. The summed E-state index contributed by atoms with van der Waals surface area (Å²) < 4.78 is 37.8. The quantitative estimate of drug-likeness (QED) is 0.927. The molecule has 3 nitrogen and oxygen atoms in total. The molecule has 18 heavy (non-hydrogen) atoms. The zero-order chi connectivity index (χ0) is 13.9. The van der Waals surface area contributed by atoms with Crippen LogP contribution < -0.4 is 5.32 Å². The van der Waals surface area contributed by atoms with Crippen LogP contribution in [0.1, 0.15) is 5.56 Å². The number of anilines is 1. The number of hydrogen-bond donors (Lipinski definition) is 1. The average molecular weight is 325 g/mol. The van der Waals surface area contributed by atoms with Crippen molar-refractivity contribution in [2.45, 2.75) is 6.18 Å². The number of carbonyl (C=O) groups is 1. The molecule has 0 aliphatic heterocycles. The van der Waals surface area contributed by atoms with Gasteiger partial charge >= 0.3 is 6.18 Å². The van der Waals surface area contributed by atoms with Crippen LogP contribution in [-0.4, -0.2) is 31.4 Å². The van der Waals surface area contributed by atoms with Crippen molar-refractivity contribution in [2.24, 2.45) is 0 Å². The van der Waals surface area contributed by atoms with Crippen molar-refractivity contribution in [3.8, 4) is 0 Å². The summed E-state index contributed by atoms with van der Waals surface area (Å²) in [6.07, 6.45) is -4.43. The van der Waals surface area contributed by atoms with Gasteiger partial charge in [0.1, 0.15) is 0 Å². The Morgan fingerprint density at radius 3 is 2.50 bits per heavy atom. The molecule has 0 aliphatic rings. The molecule has 7 heteroatoms. The number of carbonyl (C=O) groups excluding carboxylic acids is 1. The fourth-order valence-electron chi connectivity index (χ4n) is 1.19. The van der Waals surface area contributed by atoms with Crippen molar-refractivity contribution in [1.82, 2.24) is 4.90 Å². The lowest BCUT2D eigenvalue weighted by molar-refractivity contribution is -0.138. The molecule has 0 atom stereocenters. The van der Waals surface area contributed by atoms with Crippen molar-refractivity contribution in [3.05, 3.63) is 28.2 Å². The van der Waals surface area contributed by atoms with E-state index in [9.17, 15) is 18.0 Å². The first kappa shape index (κ1) is 14.8. The van der Waals surface area contributed by atoms with E-state index in [1.807, 2.05) is 0 Å². The number of nitrogens with one attached hydrogen (secondary N) is 1. The van der Waals surface area contributed by atoms with Gasteiger partial charge in [-0.05, 0) is 18.2 Å². The molecule has 1 N–H and O–H groups in total. The molecule has 1 aromatic rings. The lowest BCUT2D eigenvalue weighted by Gasteiger charge is -2.14. The molecule has 0 heterocycles. The SMILES string of the molecule is CN(C)C(=O)CNc1ccc(Br)c(C(F)(F)F)c1. The van der Waals surface area contributed by atoms with Crippen molar-refractivity contribution in [1.29, 1.82) is 0 Å². The third-order valence-electron chi connectivity index (χ3n) is 2.21. The molecule has 1 rings (SSSR count). The Bertz CT molecular complexity index is 446. The highest BCUT2D eigenvalue weighted by molar-refractivity contribution is 9.10. The maximum Gasteiger partial charge on any atom is 0.417 e. The molecule has 0 saturated carbocycles. The minimum absolute atomic E-state index is 0.0283. The fraction of sp³-hybridized carbons (Fsp3) is 0.364. The van der Waals surface area contributed by atoms with Crippen molar-refractivity contribution >= 4 is 27.5 Å². The average Bonchev–Trinajstić information content (AvgIpc) is 2.25. The third kappa shape index (κ3) is 3.90. The Kier molecular flexibility index (Phi) is 4.61. The van der Waals surface area contributed by atoms with Gasteiger partial charge in [0.25, 0.3) is 0 Å². The second kappa shape index (κ2) is 5.60. The number of benzene rings is 1. The van der Waals surface area contributed by atoms with Gasteiger partial charge in [0.2, 0.25) is 5.91 Å². The molecule has 0 radical (unpaired) electrons. The zero-order valence-electron chi connectivity index (χ0n) is 9.81. The summed E-state index contributed by atoms with van der Waals surface area (Å²) in [6.45, 7) is -0.0497. The van der Waals surface area contributed by atoms with Crippen LogP contribution in [0.4, 0.5) is 18.9 Å². The molecule has 0 bridgehead atoms. The molecular weight excluding hydrogens is 313 g/mol. The summed E-state index contributed by atoms with van der Waals surface area (Å²) in [7, 11) is 3.15. The van der Waals surface area contributed by atoms with Crippen LogP contribution >= 0.6 is 15.9 Å². The van der Waals surface area contributed by atoms with Gasteiger partial charge in [-0.2, -0.15) is 13.2 Å². The van der Waals surface area contributed by atoms with Gasteiger partial charge in [0.05, 0.1) is 12.1 Å². The molecular formula is C11H12BrF3N2O. The summed E-state index contributed by atoms with van der Waals surface area (Å²) >= 11 is 2.85. The van der Waals surface area contributed by atoms with E-state index >= 15 is 0 Å². The molecule has 0 spiro atoms. The Labute approximate surface area is 111 Å². The van der Waals surface area contributed by atoms with Gasteiger partial charge in [-0.15, -0.1) is 0 Å². The monoisotopic (exact) mass is 324 g/mol. The molecule has 0 aromatic heterocycles. The third-order valence-corrected chi connectivity index (χ3v) is 2.91. The van der Waals surface area contributed by atoms with E-state index < -0.39 is 11.7 Å². The predicted octanol–water partition coefficient (Wildman–Crippen LogP) is 2.97. The zero-order valence-corrected chi connectivity index (χ0v) is 11.4. The van der Waals surface area contributed by atoms with Gasteiger partial charge in [-0.3, -0.25) is 4.79 Å². The first-order valence-electron chi connectivity index (χ1n) is 5.02. The number of hydrogen-bond acceptors (Lipinski definition) is 2. The Morgan fingerprint density at radius 2 is 2.00 bits per heavy atom. The number of nitrogens with zero attached hydrogens (tertiary/aromatic N) is 1. The molecule has 1 amide bonds. The van der Waals surface area contributed by atoms with E-state index in [1.165, 1.54) is 17.0 Å². The van der Waals surface area contributed by atoms with Crippen LogP contribution in [0, 0.1) is 0 Å². The van der Waals surface area contributed by atoms with E-state index in [-0.39, 0.29) is 22.6 Å². The number of halogens is 4. The lowest BCUT2D eigenvalue weighted by Crippen LogP contribution is -2.28. The Morgan fingerprint density at radius 1 is 1.39 bits per heavy atom. The first-order valence-corrected chi connectivity index (χ1v) is 5.82. The smallest absolute Gasteiger partial charge is 0.376 e. The number of alkyl halides is 3. The van der Waals surface area contributed by atoms with Crippen LogP contribution in [0.5, 0.6) is 0 Å². The second-order valence-electron chi connectivity index (χ2n) is 3.83. The van der Waals surface area contributed by atoms with Crippen LogP contribution in [0.2, 0.25) is 0 Å². The summed E-state index contributed by atoms with van der Waals surface area (Å²) in [5.74, 6) is -0.216. The second-order valence-corrected chi connectivity index (χ2v) is 4.69. The molecule has 0 aliphatic carbocycles.